The molecule has 0 heterocycles. The molecule has 0 aromatic rings. The Labute approximate surface area is 122 Å². The molecule has 0 aromatic heterocycles. The summed E-state index contributed by atoms with van der Waals surface area (Å²) in [6.07, 6.45) is 4.08. The van der Waals surface area contributed by atoms with Crippen molar-refractivity contribution in [3.8, 4) is 0 Å². The fourth-order valence-corrected chi connectivity index (χ4v) is 2.21. The quantitative estimate of drug-likeness (QED) is 0.633. The van der Waals surface area contributed by atoms with Gasteiger partial charge in [0.05, 0.1) is 11.0 Å². The first-order valence-electron chi connectivity index (χ1n) is 7.23. The summed E-state index contributed by atoms with van der Waals surface area (Å²) < 4.78 is 0. The molecular weight excluding hydrogens is 258 g/mol. The fraction of sp³-hybridized carbons (Fsp3) is 0.857. The number of nitrogens with one attached hydrogen (secondary N) is 1. The molecule has 1 amide bonds. The van der Waals surface area contributed by atoms with E-state index >= 15 is 0 Å². The summed E-state index contributed by atoms with van der Waals surface area (Å²) in [5, 5.41) is 3.02. The summed E-state index contributed by atoms with van der Waals surface area (Å²) in [7, 11) is 0. The van der Waals surface area contributed by atoms with Crippen LogP contribution in [0.3, 0.4) is 0 Å². The van der Waals surface area contributed by atoms with Crippen molar-refractivity contribution in [2.75, 3.05) is 13.1 Å². The lowest BCUT2D eigenvalue weighted by molar-refractivity contribution is -0.126. The van der Waals surface area contributed by atoms with Crippen molar-refractivity contribution in [1.82, 2.24) is 10.2 Å². The van der Waals surface area contributed by atoms with Crippen LogP contribution in [0.15, 0.2) is 0 Å². The van der Waals surface area contributed by atoms with Crippen LogP contribution in [0, 0.1) is 5.92 Å². The summed E-state index contributed by atoms with van der Waals surface area (Å²) in [6, 6.07) is 0.453. The highest BCUT2D eigenvalue weighted by Gasteiger charge is 2.34. The van der Waals surface area contributed by atoms with Gasteiger partial charge in [-0.3, -0.25) is 9.69 Å². The molecule has 5 heteroatoms. The molecule has 0 saturated heterocycles. The number of hydrogen-bond donors (Lipinski definition) is 2. The minimum Gasteiger partial charge on any atom is -0.393 e. The van der Waals surface area contributed by atoms with E-state index in [0.717, 1.165) is 19.5 Å². The predicted octanol–water partition coefficient (Wildman–Crippen LogP) is 1.68. The Morgan fingerprint density at radius 3 is 2.53 bits per heavy atom. The fourth-order valence-electron chi connectivity index (χ4n) is 2.12. The third-order valence-corrected chi connectivity index (χ3v) is 3.73. The normalized spacial score (nSPS) is 16.7. The van der Waals surface area contributed by atoms with Gasteiger partial charge in [-0.05, 0) is 32.1 Å². The average molecular weight is 285 g/mol. The predicted molar refractivity (Wildman–Crippen MR) is 83.1 cm³/mol. The van der Waals surface area contributed by atoms with Crippen molar-refractivity contribution in [2.45, 2.75) is 58.5 Å². The van der Waals surface area contributed by atoms with Crippen LogP contribution in [-0.4, -0.2) is 41.0 Å². The van der Waals surface area contributed by atoms with Crippen LogP contribution >= 0.6 is 12.2 Å². The number of hydrogen-bond acceptors (Lipinski definition) is 3. The van der Waals surface area contributed by atoms with E-state index in [9.17, 15) is 4.79 Å². The van der Waals surface area contributed by atoms with Gasteiger partial charge in [0.2, 0.25) is 5.91 Å². The van der Waals surface area contributed by atoms with Crippen molar-refractivity contribution in [3.63, 3.8) is 0 Å². The summed E-state index contributed by atoms with van der Waals surface area (Å²) >= 11 is 4.92. The molecule has 4 nitrogen and oxygen atoms in total. The van der Waals surface area contributed by atoms with Crippen LogP contribution in [0.1, 0.15) is 46.5 Å². The lowest BCUT2D eigenvalue weighted by Gasteiger charge is -2.28. The van der Waals surface area contributed by atoms with E-state index in [1.165, 1.54) is 12.8 Å². The first kappa shape index (κ1) is 16.4. The molecule has 1 saturated carbocycles. The van der Waals surface area contributed by atoms with Crippen LogP contribution in [0.4, 0.5) is 0 Å². The zero-order chi connectivity index (χ0) is 14.4. The van der Waals surface area contributed by atoms with Crippen molar-refractivity contribution in [2.24, 2.45) is 11.7 Å². The monoisotopic (exact) mass is 285 g/mol. The van der Waals surface area contributed by atoms with Gasteiger partial charge in [-0.25, -0.2) is 0 Å². The van der Waals surface area contributed by atoms with E-state index in [4.69, 9.17) is 18.0 Å². The molecule has 3 N–H and O–H groups in total. The number of nitrogens with zero attached hydrogens (tertiary/aromatic N) is 1. The van der Waals surface area contributed by atoms with Crippen LogP contribution in [-0.2, 0) is 4.79 Å². The number of carbonyl (C=O) groups excluding carboxylic acids is 1. The molecule has 110 valence electrons. The number of amides is 1. The minimum absolute atomic E-state index is 0.0889. The summed E-state index contributed by atoms with van der Waals surface area (Å²) in [5.41, 5.74) is 5.56. The van der Waals surface area contributed by atoms with E-state index in [1.54, 1.807) is 0 Å². The van der Waals surface area contributed by atoms with Gasteiger partial charge in [0.25, 0.3) is 0 Å². The van der Waals surface area contributed by atoms with Crippen molar-refractivity contribution >= 4 is 23.1 Å². The van der Waals surface area contributed by atoms with Crippen molar-refractivity contribution < 1.29 is 4.79 Å². The minimum atomic E-state index is -0.0889. The molecule has 1 aliphatic carbocycles. The Hall–Kier alpha value is -0.680. The van der Waals surface area contributed by atoms with Gasteiger partial charge in [0.15, 0.2) is 0 Å². The van der Waals surface area contributed by atoms with Crippen LogP contribution in [0.5, 0.6) is 0 Å². The number of nitrogens with two attached hydrogens (primary N) is 1. The number of carbonyl (C=O) groups is 1. The second kappa shape index (κ2) is 7.80. The molecule has 0 radical (unpaired) electrons. The molecule has 0 aliphatic heterocycles. The maximum absolute atomic E-state index is 12.1. The highest BCUT2D eigenvalue weighted by molar-refractivity contribution is 7.80. The van der Waals surface area contributed by atoms with Crippen molar-refractivity contribution in [3.05, 3.63) is 0 Å². The van der Waals surface area contributed by atoms with Gasteiger partial charge < -0.3 is 11.1 Å². The van der Waals surface area contributed by atoms with Gasteiger partial charge >= 0.3 is 0 Å². The molecular formula is C14H27N3OS. The number of rotatable bonds is 9. The summed E-state index contributed by atoms with van der Waals surface area (Å²) in [4.78, 5) is 14.9. The summed E-state index contributed by atoms with van der Waals surface area (Å²) in [6.45, 7) is 7.85. The number of thiocarbonyl (C=S) groups is 1. The van der Waals surface area contributed by atoms with Crippen LogP contribution < -0.4 is 11.1 Å². The average Bonchev–Trinajstić information content (AvgIpc) is 3.12. The molecule has 1 unspecified atom stereocenters. The molecule has 1 atom stereocenters. The van der Waals surface area contributed by atoms with Crippen molar-refractivity contribution in [1.29, 1.82) is 0 Å². The maximum Gasteiger partial charge on any atom is 0.237 e. The Morgan fingerprint density at radius 1 is 1.42 bits per heavy atom. The second-order valence-electron chi connectivity index (χ2n) is 5.83. The van der Waals surface area contributed by atoms with Gasteiger partial charge in [-0.2, -0.15) is 0 Å². The molecule has 1 rings (SSSR count). The zero-order valence-electron chi connectivity index (χ0n) is 12.3. The molecule has 0 bridgehead atoms. The van der Waals surface area contributed by atoms with E-state index in [1.807, 2.05) is 6.92 Å². The van der Waals surface area contributed by atoms with Crippen LogP contribution in [0.25, 0.3) is 0 Å². The van der Waals surface area contributed by atoms with E-state index < -0.39 is 0 Å². The molecule has 0 aromatic carbocycles. The molecule has 1 fully saturated rings. The van der Waals surface area contributed by atoms with Gasteiger partial charge in [-0.15, -0.1) is 0 Å². The zero-order valence-corrected chi connectivity index (χ0v) is 13.1. The first-order valence-corrected chi connectivity index (χ1v) is 7.64. The Kier molecular flexibility index (Phi) is 6.72. The van der Waals surface area contributed by atoms with E-state index in [-0.39, 0.29) is 11.9 Å². The molecule has 19 heavy (non-hydrogen) atoms. The highest BCUT2D eigenvalue weighted by atomic mass is 32.1. The topological polar surface area (TPSA) is 58.4 Å². The van der Waals surface area contributed by atoms with Gasteiger partial charge in [-0.1, -0.05) is 26.1 Å². The molecule has 1 aliphatic rings. The third-order valence-electron chi connectivity index (χ3n) is 3.53. The SMILES string of the molecule is CC(C)CCNC(=O)C(C)N(CCC(N)=S)C1CC1. The standard InChI is InChI=1S/C14H27N3OS/c1-10(2)6-8-16-14(18)11(3)17(12-4-5-12)9-7-13(15)19/h10-12H,4-9H2,1-3H3,(H2,15,19)(H,16,18). The largest absolute Gasteiger partial charge is 0.393 e. The lowest BCUT2D eigenvalue weighted by atomic mass is 10.1. The third kappa shape index (κ3) is 6.34. The maximum atomic E-state index is 12.1. The first-order chi connectivity index (χ1) is 8.91. The second-order valence-corrected chi connectivity index (χ2v) is 6.36. The van der Waals surface area contributed by atoms with Crippen LogP contribution in [0.2, 0.25) is 0 Å². The van der Waals surface area contributed by atoms with E-state index in [2.05, 4.69) is 24.1 Å². The Bertz CT molecular complexity index is 316. The molecule has 0 spiro atoms. The lowest BCUT2D eigenvalue weighted by Crippen LogP contribution is -2.47. The van der Waals surface area contributed by atoms with Gasteiger partial charge in [0.1, 0.15) is 0 Å². The summed E-state index contributed by atoms with van der Waals surface area (Å²) in [5.74, 6) is 0.736. The Morgan fingerprint density at radius 2 is 2.05 bits per heavy atom. The van der Waals surface area contributed by atoms with Gasteiger partial charge in [0, 0.05) is 25.6 Å². The van der Waals surface area contributed by atoms with E-state index in [0.29, 0.717) is 23.4 Å². The highest BCUT2D eigenvalue weighted by Crippen LogP contribution is 2.28. The Balaban J connectivity index is 2.39. The smallest absolute Gasteiger partial charge is 0.237 e.